The highest BCUT2D eigenvalue weighted by molar-refractivity contribution is 6.31. The van der Waals surface area contributed by atoms with Gasteiger partial charge in [0, 0.05) is 17.3 Å². The van der Waals surface area contributed by atoms with E-state index in [2.05, 4.69) is 10.1 Å². The Balaban J connectivity index is 2.05. The van der Waals surface area contributed by atoms with Gasteiger partial charge in [-0.1, -0.05) is 17.7 Å². The Morgan fingerprint density at radius 3 is 2.95 bits per heavy atom. The van der Waals surface area contributed by atoms with E-state index in [1.165, 1.54) is 7.11 Å². The molecule has 1 unspecified atom stereocenters. The number of anilines is 1. The van der Waals surface area contributed by atoms with Crippen LogP contribution in [0.2, 0.25) is 5.02 Å². The molecule has 1 aliphatic heterocycles. The van der Waals surface area contributed by atoms with Crippen LogP contribution >= 0.6 is 11.6 Å². The highest BCUT2D eigenvalue weighted by Crippen LogP contribution is 2.34. The summed E-state index contributed by atoms with van der Waals surface area (Å²) in [5, 5.41) is 3.30. The SMILES string of the molecule is COC(=O)CNC(=O)C(C)N1CCc2c(Cl)cccc21. The maximum absolute atomic E-state index is 12.1. The first-order chi connectivity index (χ1) is 9.54. The topological polar surface area (TPSA) is 58.6 Å². The molecule has 0 saturated carbocycles. The number of halogens is 1. The molecule has 20 heavy (non-hydrogen) atoms. The van der Waals surface area contributed by atoms with Crippen LogP contribution in [0.1, 0.15) is 12.5 Å². The summed E-state index contributed by atoms with van der Waals surface area (Å²) in [5.74, 6) is -0.668. The van der Waals surface area contributed by atoms with E-state index < -0.39 is 5.97 Å². The zero-order valence-corrected chi connectivity index (χ0v) is 12.2. The quantitative estimate of drug-likeness (QED) is 0.853. The third-order valence-corrected chi connectivity index (χ3v) is 3.84. The Labute approximate surface area is 122 Å². The number of fused-ring (bicyclic) bond motifs is 1. The summed E-state index contributed by atoms with van der Waals surface area (Å²) < 4.78 is 4.49. The first-order valence-corrected chi connectivity index (χ1v) is 6.81. The van der Waals surface area contributed by atoms with E-state index in [9.17, 15) is 9.59 Å². The summed E-state index contributed by atoms with van der Waals surface area (Å²) in [6.07, 6.45) is 0.823. The second kappa shape index (κ2) is 6.13. The van der Waals surface area contributed by atoms with Crippen molar-refractivity contribution in [2.75, 3.05) is 25.1 Å². The van der Waals surface area contributed by atoms with Crippen molar-refractivity contribution in [1.82, 2.24) is 5.32 Å². The Bertz CT molecular complexity index is 533. The summed E-state index contributed by atoms with van der Waals surface area (Å²) in [4.78, 5) is 25.1. The molecular weight excluding hydrogens is 280 g/mol. The van der Waals surface area contributed by atoms with Gasteiger partial charge in [0.2, 0.25) is 5.91 Å². The fourth-order valence-electron chi connectivity index (χ4n) is 2.34. The molecule has 0 saturated heterocycles. The highest BCUT2D eigenvalue weighted by atomic mass is 35.5. The zero-order valence-electron chi connectivity index (χ0n) is 11.5. The Morgan fingerprint density at radius 1 is 1.50 bits per heavy atom. The minimum atomic E-state index is -0.463. The van der Waals surface area contributed by atoms with E-state index in [0.29, 0.717) is 0 Å². The smallest absolute Gasteiger partial charge is 0.325 e. The minimum Gasteiger partial charge on any atom is -0.468 e. The fourth-order valence-corrected chi connectivity index (χ4v) is 2.60. The van der Waals surface area contributed by atoms with Crippen LogP contribution in [0.4, 0.5) is 5.69 Å². The van der Waals surface area contributed by atoms with Gasteiger partial charge in [0.05, 0.1) is 7.11 Å². The van der Waals surface area contributed by atoms with Crippen molar-refractivity contribution in [3.05, 3.63) is 28.8 Å². The molecule has 0 radical (unpaired) electrons. The summed E-state index contributed by atoms with van der Waals surface area (Å²) in [6.45, 7) is 2.43. The van der Waals surface area contributed by atoms with Gasteiger partial charge in [-0.2, -0.15) is 0 Å². The summed E-state index contributed by atoms with van der Waals surface area (Å²) in [5.41, 5.74) is 2.06. The van der Waals surface area contributed by atoms with Gasteiger partial charge in [0.25, 0.3) is 0 Å². The standard InChI is InChI=1S/C14H17ClN2O3/c1-9(14(19)16-8-13(18)20-2)17-7-6-10-11(15)4-3-5-12(10)17/h3-5,9H,6-8H2,1-2H3,(H,16,19). The van der Waals surface area contributed by atoms with Crippen molar-refractivity contribution < 1.29 is 14.3 Å². The Kier molecular flexibility index (Phi) is 4.49. The van der Waals surface area contributed by atoms with E-state index in [1.54, 1.807) is 0 Å². The van der Waals surface area contributed by atoms with Gasteiger partial charge in [0.1, 0.15) is 12.6 Å². The number of methoxy groups -OCH3 is 1. The molecule has 108 valence electrons. The van der Waals surface area contributed by atoms with Crippen molar-refractivity contribution in [3.63, 3.8) is 0 Å². The number of hydrogen-bond acceptors (Lipinski definition) is 4. The van der Waals surface area contributed by atoms with Crippen LogP contribution < -0.4 is 10.2 Å². The molecule has 1 N–H and O–H groups in total. The van der Waals surface area contributed by atoms with Crippen LogP contribution in [0, 0.1) is 0 Å². The lowest BCUT2D eigenvalue weighted by atomic mass is 10.1. The largest absolute Gasteiger partial charge is 0.468 e. The average Bonchev–Trinajstić information content (AvgIpc) is 2.88. The summed E-state index contributed by atoms with van der Waals surface area (Å²) in [6, 6.07) is 5.32. The van der Waals surface area contributed by atoms with Crippen LogP contribution in [-0.2, 0) is 20.7 Å². The van der Waals surface area contributed by atoms with Crippen LogP contribution in [0.5, 0.6) is 0 Å². The monoisotopic (exact) mass is 296 g/mol. The Hall–Kier alpha value is -1.75. The minimum absolute atomic E-state index is 0.115. The van der Waals surface area contributed by atoms with Crippen LogP contribution in [0.15, 0.2) is 18.2 Å². The van der Waals surface area contributed by atoms with Gasteiger partial charge in [-0.15, -0.1) is 0 Å². The number of benzene rings is 1. The lowest BCUT2D eigenvalue weighted by Gasteiger charge is -2.26. The molecule has 0 aliphatic carbocycles. The molecular formula is C14H17ClN2O3. The van der Waals surface area contributed by atoms with Crippen molar-refractivity contribution in [2.24, 2.45) is 0 Å². The summed E-state index contributed by atoms with van der Waals surface area (Å²) >= 11 is 6.15. The lowest BCUT2D eigenvalue weighted by Crippen LogP contribution is -2.46. The molecule has 0 aromatic heterocycles. The third-order valence-electron chi connectivity index (χ3n) is 3.49. The molecule has 1 aromatic rings. The second-order valence-electron chi connectivity index (χ2n) is 4.65. The number of esters is 1. The first kappa shape index (κ1) is 14.7. The molecule has 0 fully saturated rings. The first-order valence-electron chi connectivity index (χ1n) is 6.43. The van der Waals surface area contributed by atoms with Crippen LogP contribution in [0.3, 0.4) is 0 Å². The fraction of sp³-hybridized carbons (Fsp3) is 0.429. The molecule has 2 rings (SSSR count). The normalized spacial score (nSPS) is 14.7. The number of ether oxygens (including phenoxy) is 1. The molecule has 1 heterocycles. The van der Waals surface area contributed by atoms with E-state index in [4.69, 9.17) is 11.6 Å². The lowest BCUT2D eigenvalue weighted by molar-refractivity contribution is -0.141. The maximum atomic E-state index is 12.1. The van der Waals surface area contributed by atoms with Gasteiger partial charge in [-0.25, -0.2) is 0 Å². The van der Waals surface area contributed by atoms with E-state index in [1.807, 2.05) is 30.0 Å². The number of hydrogen-bond donors (Lipinski definition) is 1. The van der Waals surface area contributed by atoms with Gasteiger partial charge in [-0.3, -0.25) is 9.59 Å². The molecule has 1 amide bonds. The van der Waals surface area contributed by atoms with Crippen LogP contribution in [-0.4, -0.2) is 38.1 Å². The number of carbonyl (C=O) groups is 2. The number of amides is 1. The zero-order chi connectivity index (χ0) is 14.7. The van der Waals surface area contributed by atoms with Crippen molar-refractivity contribution in [1.29, 1.82) is 0 Å². The van der Waals surface area contributed by atoms with Crippen molar-refractivity contribution in [3.8, 4) is 0 Å². The highest BCUT2D eigenvalue weighted by Gasteiger charge is 2.28. The van der Waals surface area contributed by atoms with Gasteiger partial charge < -0.3 is 15.0 Å². The predicted octanol–water partition coefficient (Wildman–Crippen LogP) is 1.38. The van der Waals surface area contributed by atoms with Gasteiger partial charge >= 0.3 is 5.97 Å². The predicted molar refractivity (Wildman–Crippen MR) is 77.0 cm³/mol. The summed E-state index contributed by atoms with van der Waals surface area (Å²) in [7, 11) is 1.29. The second-order valence-corrected chi connectivity index (χ2v) is 5.06. The maximum Gasteiger partial charge on any atom is 0.325 e. The van der Waals surface area contributed by atoms with E-state index in [0.717, 1.165) is 29.2 Å². The molecule has 0 bridgehead atoms. The number of carbonyl (C=O) groups excluding carboxylic acids is 2. The number of rotatable bonds is 4. The number of nitrogens with one attached hydrogen (secondary N) is 1. The molecule has 5 nitrogen and oxygen atoms in total. The molecule has 0 spiro atoms. The van der Waals surface area contributed by atoms with Crippen LogP contribution in [0.25, 0.3) is 0 Å². The molecule has 1 aliphatic rings. The van der Waals surface area contributed by atoms with E-state index >= 15 is 0 Å². The van der Waals surface area contributed by atoms with Crippen molar-refractivity contribution in [2.45, 2.75) is 19.4 Å². The molecule has 1 atom stereocenters. The van der Waals surface area contributed by atoms with Gasteiger partial charge in [0.15, 0.2) is 0 Å². The van der Waals surface area contributed by atoms with Gasteiger partial charge in [-0.05, 0) is 31.0 Å². The Morgan fingerprint density at radius 2 is 2.25 bits per heavy atom. The molecule has 1 aromatic carbocycles. The van der Waals surface area contributed by atoms with Crippen molar-refractivity contribution >= 4 is 29.2 Å². The number of nitrogens with zero attached hydrogens (tertiary/aromatic N) is 1. The average molecular weight is 297 g/mol. The van der Waals surface area contributed by atoms with E-state index in [-0.39, 0.29) is 18.5 Å². The molecule has 6 heteroatoms. The third kappa shape index (κ3) is 2.88.